The van der Waals surface area contributed by atoms with Gasteiger partial charge in [0.05, 0.1) is 13.0 Å². The zero-order valence-corrected chi connectivity index (χ0v) is 9.54. The van der Waals surface area contributed by atoms with E-state index in [1.165, 1.54) is 7.11 Å². The molecule has 5 nitrogen and oxygen atoms in total. The van der Waals surface area contributed by atoms with Crippen LogP contribution in [0.5, 0.6) is 0 Å². The SMILES string of the molecule is COC(=O)C1(NC(=O)C2CNC2)CCCC1. The number of carbonyl (C=O) groups excluding carboxylic acids is 2. The number of hydrogen-bond acceptors (Lipinski definition) is 4. The maximum absolute atomic E-state index is 11.8. The Labute approximate surface area is 94.9 Å². The minimum atomic E-state index is -0.749. The molecule has 2 rings (SSSR count). The van der Waals surface area contributed by atoms with Gasteiger partial charge in [-0.05, 0) is 12.8 Å². The summed E-state index contributed by atoms with van der Waals surface area (Å²) in [5.74, 6) is -0.307. The number of ether oxygens (including phenoxy) is 1. The largest absolute Gasteiger partial charge is 0.467 e. The fraction of sp³-hybridized carbons (Fsp3) is 0.818. The van der Waals surface area contributed by atoms with Gasteiger partial charge in [-0.2, -0.15) is 0 Å². The average molecular weight is 226 g/mol. The number of nitrogens with one attached hydrogen (secondary N) is 2. The first-order valence-electron chi connectivity index (χ1n) is 5.79. The molecule has 0 radical (unpaired) electrons. The van der Waals surface area contributed by atoms with E-state index in [9.17, 15) is 9.59 Å². The summed E-state index contributed by atoms with van der Waals surface area (Å²) in [6, 6.07) is 0. The van der Waals surface area contributed by atoms with E-state index in [4.69, 9.17) is 4.74 Å². The van der Waals surface area contributed by atoms with Crippen molar-refractivity contribution in [2.75, 3.05) is 20.2 Å². The van der Waals surface area contributed by atoms with Crippen LogP contribution in [0.25, 0.3) is 0 Å². The standard InChI is InChI=1S/C11H18N2O3/c1-16-10(15)11(4-2-3-5-11)13-9(14)8-6-12-7-8/h8,12H,2-7H2,1H3,(H,13,14). The summed E-state index contributed by atoms with van der Waals surface area (Å²) in [6.07, 6.45) is 3.34. The van der Waals surface area contributed by atoms with Crippen LogP contribution in [0.3, 0.4) is 0 Å². The van der Waals surface area contributed by atoms with E-state index < -0.39 is 5.54 Å². The Hall–Kier alpha value is -1.10. The number of hydrogen-bond donors (Lipinski definition) is 2. The highest BCUT2D eigenvalue weighted by Crippen LogP contribution is 2.31. The normalized spacial score (nSPS) is 23.6. The van der Waals surface area contributed by atoms with Gasteiger partial charge in [0.15, 0.2) is 0 Å². The Balaban J connectivity index is 2.01. The highest BCUT2D eigenvalue weighted by Gasteiger charge is 2.44. The zero-order chi connectivity index (χ0) is 11.6. The zero-order valence-electron chi connectivity index (χ0n) is 9.54. The number of methoxy groups -OCH3 is 1. The first kappa shape index (κ1) is 11.4. The molecule has 0 spiro atoms. The summed E-state index contributed by atoms with van der Waals surface area (Å²) in [5, 5.41) is 5.94. The molecule has 0 bridgehead atoms. The summed E-state index contributed by atoms with van der Waals surface area (Å²) in [7, 11) is 1.37. The fourth-order valence-corrected chi connectivity index (χ4v) is 2.37. The van der Waals surface area contributed by atoms with E-state index in [-0.39, 0.29) is 17.8 Å². The van der Waals surface area contributed by atoms with Gasteiger partial charge in [-0.3, -0.25) is 4.79 Å². The van der Waals surface area contributed by atoms with E-state index in [2.05, 4.69) is 10.6 Å². The molecule has 1 heterocycles. The first-order valence-corrected chi connectivity index (χ1v) is 5.79. The van der Waals surface area contributed by atoms with Crippen molar-refractivity contribution in [2.24, 2.45) is 5.92 Å². The number of amides is 1. The third kappa shape index (κ3) is 1.91. The van der Waals surface area contributed by atoms with Gasteiger partial charge in [0, 0.05) is 13.1 Å². The smallest absolute Gasteiger partial charge is 0.331 e. The predicted octanol–water partition coefficient (Wildman–Crippen LogP) is -0.192. The second-order valence-electron chi connectivity index (χ2n) is 4.63. The maximum atomic E-state index is 11.8. The number of esters is 1. The van der Waals surface area contributed by atoms with Gasteiger partial charge < -0.3 is 15.4 Å². The Morgan fingerprint density at radius 1 is 1.31 bits per heavy atom. The molecule has 16 heavy (non-hydrogen) atoms. The number of carbonyl (C=O) groups is 2. The maximum Gasteiger partial charge on any atom is 0.331 e. The molecule has 0 unspecified atom stereocenters. The van der Waals surface area contributed by atoms with E-state index >= 15 is 0 Å². The van der Waals surface area contributed by atoms with Gasteiger partial charge >= 0.3 is 5.97 Å². The molecule has 1 saturated heterocycles. The monoisotopic (exact) mass is 226 g/mol. The molecule has 1 aliphatic carbocycles. The molecular formula is C11H18N2O3. The van der Waals surface area contributed by atoms with Crippen molar-refractivity contribution in [3.05, 3.63) is 0 Å². The van der Waals surface area contributed by atoms with Crippen molar-refractivity contribution in [1.29, 1.82) is 0 Å². The van der Waals surface area contributed by atoms with Crippen molar-refractivity contribution in [1.82, 2.24) is 10.6 Å². The van der Waals surface area contributed by atoms with E-state index in [0.29, 0.717) is 25.9 Å². The molecular weight excluding hydrogens is 208 g/mol. The Morgan fingerprint density at radius 3 is 2.38 bits per heavy atom. The quantitative estimate of drug-likeness (QED) is 0.654. The summed E-state index contributed by atoms with van der Waals surface area (Å²) >= 11 is 0. The second kappa shape index (κ2) is 4.41. The van der Waals surface area contributed by atoms with Crippen LogP contribution in [0, 0.1) is 5.92 Å². The van der Waals surface area contributed by atoms with Crippen LogP contribution in [-0.4, -0.2) is 37.6 Å². The molecule has 0 atom stereocenters. The molecule has 5 heteroatoms. The van der Waals surface area contributed by atoms with Gasteiger partial charge in [0.2, 0.25) is 5.91 Å². The van der Waals surface area contributed by atoms with Gasteiger partial charge in [0.1, 0.15) is 5.54 Å². The van der Waals surface area contributed by atoms with Gasteiger partial charge in [-0.25, -0.2) is 4.79 Å². The molecule has 90 valence electrons. The molecule has 0 aromatic heterocycles. The molecule has 2 fully saturated rings. The van der Waals surface area contributed by atoms with Crippen LogP contribution in [0.15, 0.2) is 0 Å². The summed E-state index contributed by atoms with van der Waals surface area (Å²) < 4.78 is 4.80. The third-order valence-corrected chi connectivity index (χ3v) is 3.55. The van der Waals surface area contributed by atoms with Crippen molar-refractivity contribution < 1.29 is 14.3 Å². The van der Waals surface area contributed by atoms with Crippen LogP contribution in [0.4, 0.5) is 0 Å². The van der Waals surface area contributed by atoms with Gasteiger partial charge in [-0.1, -0.05) is 12.8 Å². The van der Waals surface area contributed by atoms with Crippen LogP contribution in [0.1, 0.15) is 25.7 Å². The van der Waals surface area contributed by atoms with Crippen molar-refractivity contribution in [3.8, 4) is 0 Å². The fourth-order valence-electron chi connectivity index (χ4n) is 2.37. The summed E-state index contributed by atoms with van der Waals surface area (Å²) in [6.45, 7) is 1.42. The topological polar surface area (TPSA) is 67.4 Å². The number of rotatable bonds is 3. The van der Waals surface area contributed by atoms with Crippen molar-refractivity contribution in [2.45, 2.75) is 31.2 Å². The lowest BCUT2D eigenvalue weighted by atomic mass is 9.94. The van der Waals surface area contributed by atoms with Crippen molar-refractivity contribution in [3.63, 3.8) is 0 Å². The highest BCUT2D eigenvalue weighted by molar-refractivity contribution is 5.89. The molecule has 2 aliphatic rings. The second-order valence-corrected chi connectivity index (χ2v) is 4.63. The first-order chi connectivity index (χ1) is 7.68. The van der Waals surface area contributed by atoms with Crippen LogP contribution >= 0.6 is 0 Å². The van der Waals surface area contributed by atoms with Gasteiger partial charge in [-0.15, -0.1) is 0 Å². The molecule has 1 amide bonds. The highest BCUT2D eigenvalue weighted by atomic mass is 16.5. The molecule has 1 saturated carbocycles. The lowest BCUT2D eigenvalue weighted by molar-refractivity contribution is -0.151. The van der Waals surface area contributed by atoms with Crippen LogP contribution in [-0.2, 0) is 14.3 Å². The minimum Gasteiger partial charge on any atom is -0.467 e. The average Bonchev–Trinajstić information content (AvgIpc) is 2.63. The van der Waals surface area contributed by atoms with Crippen LogP contribution in [0.2, 0.25) is 0 Å². The molecule has 0 aromatic rings. The summed E-state index contributed by atoms with van der Waals surface area (Å²) in [5.41, 5.74) is -0.749. The molecule has 2 N–H and O–H groups in total. The summed E-state index contributed by atoms with van der Waals surface area (Å²) in [4.78, 5) is 23.6. The van der Waals surface area contributed by atoms with E-state index in [0.717, 1.165) is 12.8 Å². The Morgan fingerprint density at radius 2 is 1.94 bits per heavy atom. The lowest BCUT2D eigenvalue weighted by Gasteiger charge is -2.32. The minimum absolute atomic E-state index is 0.0159. The van der Waals surface area contributed by atoms with Crippen molar-refractivity contribution >= 4 is 11.9 Å². The van der Waals surface area contributed by atoms with E-state index in [1.807, 2.05) is 0 Å². The Kier molecular flexibility index (Phi) is 3.14. The predicted molar refractivity (Wildman–Crippen MR) is 57.7 cm³/mol. The Bertz CT molecular complexity index is 294. The lowest BCUT2D eigenvalue weighted by Crippen LogP contribution is -2.59. The van der Waals surface area contributed by atoms with Crippen LogP contribution < -0.4 is 10.6 Å². The molecule has 1 aliphatic heterocycles. The van der Waals surface area contributed by atoms with E-state index in [1.54, 1.807) is 0 Å². The third-order valence-electron chi connectivity index (χ3n) is 3.55. The molecule has 0 aromatic carbocycles. The van der Waals surface area contributed by atoms with Gasteiger partial charge in [0.25, 0.3) is 0 Å².